The van der Waals surface area contributed by atoms with Crippen LogP contribution in [0.3, 0.4) is 0 Å². The first-order valence-electron chi connectivity index (χ1n) is 7.10. The number of aromatic nitrogens is 1. The van der Waals surface area contributed by atoms with Crippen LogP contribution in [0.1, 0.15) is 12.8 Å². The van der Waals surface area contributed by atoms with E-state index in [1.54, 1.807) is 12.3 Å². The number of anilines is 1. The Morgan fingerprint density at radius 2 is 2.05 bits per heavy atom. The zero-order valence-electron chi connectivity index (χ0n) is 11.4. The van der Waals surface area contributed by atoms with Crippen LogP contribution in [0.2, 0.25) is 0 Å². The highest BCUT2D eigenvalue weighted by molar-refractivity contribution is 9.10. The lowest BCUT2D eigenvalue weighted by atomic mass is 10.3. The van der Waals surface area contributed by atoms with Gasteiger partial charge < -0.3 is 4.90 Å². The third-order valence-corrected chi connectivity index (χ3v) is 4.30. The SMILES string of the molecule is O=C(Nc1ccc(Br)cn1)N1CCN(CC2CC2)CC1. The lowest BCUT2D eigenvalue weighted by Gasteiger charge is -2.34. The van der Waals surface area contributed by atoms with Gasteiger partial charge in [-0.05, 0) is 46.8 Å². The van der Waals surface area contributed by atoms with Gasteiger partial charge in [-0.1, -0.05) is 0 Å². The number of carbonyl (C=O) groups is 1. The van der Waals surface area contributed by atoms with E-state index in [-0.39, 0.29) is 6.03 Å². The molecule has 1 aliphatic heterocycles. The molecule has 0 aromatic carbocycles. The van der Waals surface area contributed by atoms with E-state index < -0.39 is 0 Å². The molecule has 2 aliphatic rings. The van der Waals surface area contributed by atoms with Gasteiger partial charge in [-0.15, -0.1) is 0 Å². The van der Waals surface area contributed by atoms with Gasteiger partial charge in [0, 0.05) is 43.4 Å². The number of nitrogens with zero attached hydrogens (tertiary/aromatic N) is 3. The van der Waals surface area contributed by atoms with Gasteiger partial charge in [0.1, 0.15) is 5.82 Å². The Balaban J connectivity index is 1.47. The predicted octanol–water partition coefficient (Wildman–Crippen LogP) is 2.40. The summed E-state index contributed by atoms with van der Waals surface area (Å²) in [7, 11) is 0. The summed E-state index contributed by atoms with van der Waals surface area (Å²) in [4.78, 5) is 20.6. The summed E-state index contributed by atoms with van der Waals surface area (Å²) in [6.45, 7) is 4.78. The fourth-order valence-electron chi connectivity index (χ4n) is 2.44. The maximum absolute atomic E-state index is 12.1. The molecule has 1 aromatic rings. The zero-order chi connectivity index (χ0) is 13.9. The highest BCUT2D eigenvalue weighted by Crippen LogP contribution is 2.29. The van der Waals surface area contributed by atoms with Gasteiger partial charge in [0.25, 0.3) is 0 Å². The molecule has 20 heavy (non-hydrogen) atoms. The summed E-state index contributed by atoms with van der Waals surface area (Å²) in [5.74, 6) is 1.51. The minimum atomic E-state index is -0.0501. The van der Waals surface area contributed by atoms with E-state index in [0.29, 0.717) is 5.82 Å². The molecule has 1 aliphatic carbocycles. The third-order valence-electron chi connectivity index (χ3n) is 3.84. The first kappa shape index (κ1) is 13.8. The number of hydrogen-bond acceptors (Lipinski definition) is 3. The Labute approximate surface area is 127 Å². The summed E-state index contributed by atoms with van der Waals surface area (Å²) in [6.07, 6.45) is 4.45. The van der Waals surface area contributed by atoms with Gasteiger partial charge in [0.05, 0.1) is 0 Å². The van der Waals surface area contributed by atoms with Crippen LogP contribution in [-0.2, 0) is 0 Å². The largest absolute Gasteiger partial charge is 0.323 e. The molecular weight excluding hydrogens is 320 g/mol. The lowest BCUT2D eigenvalue weighted by molar-refractivity contribution is 0.144. The molecule has 1 N–H and O–H groups in total. The molecule has 2 amide bonds. The number of rotatable bonds is 3. The number of carbonyl (C=O) groups excluding carboxylic acids is 1. The molecule has 1 saturated heterocycles. The second-order valence-corrected chi connectivity index (χ2v) is 6.44. The number of urea groups is 1. The van der Waals surface area contributed by atoms with Crippen molar-refractivity contribution in [3.63, 3.8) is 0 Å². The van der Waals surface area contributed by atoms with E-state index in [9.17, 15) is 4.79 Å². The molecule has 2 fully saturated rings. The van der Waals surface area contributed by atoms with Crippen molar-refractivity contribution in [3.05, 3.63) is 22.8 Å². The molecule has 2 heterocycles. The van der Waals surface area contributed by atoms with Crippen LogP contribution in [0.15, 0.2) is 22.8 Å². The van der Waals surface area contributed by atoms with Crippen molar-refractivity contribution in [1.29, 1.82) is 0 Å². The van der Waals surface area contributed by atoms with Gasteiger partial charge in [-0.25, -0.2) is 9.78 Å². The average Bonchev–Trinajstić information content (AvgIpc) is 3.26. The first-order valence-corrected chi connectivity index (χ1v) is 7.90. The number of hydrogen-bond donors (Lipinski definition) is 1. The van der Waals surface area contributed by atoms with Crippen LogP contribution in [-0.4, -0.2) is 53.5 Å². The number of amides is 2. The molecule has 0 atom stereocenters. The number of piperazine rings is 1. The van der Waals surface area contributed by atoms with Gasteiger partial charge in [0.2, 0.25) is 0 Å². The summed E-state index contributed by atoms with van der Waals surface area (Å²) < 4.78 is 0.907. The standard InChI is InChI=1S/C14H19BrN4O/c15-12-3-4-13(16-9-12)17-14(20)19-7-5-18(6-8-19)10-11-1-2-11/h3-4,9,11H,1-2,5-8,10H2,(H,16,17,20). The van der Waals surface area contributed by atoms with Crippen LogP contribution >= 0.6 is 15.9 Å². The van der Waals surface area contributed by atoms with Crippen molar-refractivity contribution in [1.82, 2.24) is 14.8 Å². The van der Waals surface area contributed by atoms with E-state index in [4.69, 9.17) is 0 Å². The molecule has 108 valence electrons. The van der Waals surface area contributed by atoms with Gasteiger partial charge in [-0.2, -0.15) is 0 Å². The summed E-state index contributed by atoms with van der Waals surface area (Å²) >= 11 is 3.33. The van der Waals surface area contributed by atoms with Gasteiger partial charge in [-0.3, -0.25) is 10.2 Å². The Bertz CT molecular complexity index is 467. The first-order chi connectivity index (χ1) is 9.70. The quantitative estimate of drug-likeness (QED) is 0.920. The Morgan fingerprint density at radius 3 is 2.65 bits per heavy atom. The van der Waals surface area contributed by atoms with E-state index in [1.807, 2.05) is 11.0 Å². The highest BCUT2D eigenvalue weighted by atomic mass is 79.9. The smallest absolute Gasteiger partial charge is 0.322 e. The Morgan fingerprint density at radius 1 is 1.30 bits per heavy atom. The molecule has 5 nitrogen and oxygen atoms in total. The molecule has 6 heteroatoms. The monoisotopic (exact) mass is 338 g/mol. The Kier molecular flexibility index (Phi) is 4.21. The number of halogens is 1. The second kappa shape index (κ2) is 6.10. The zero-order valence-corrected chi connectivity index (χ0v) is 13.0. The lowest BCUT2D eigenvalue weighted by Crippen LogP contribution is -2.50. The summed E-state index contributed by atoms with van der Waals surface area (Å²) in [5, 5.41) is 2.84. The van der Waals surface area contributed by atoms with Gasteiger partial charge in [0.15, 0.2) is 0 Å². The van der Waals surface area contributed by atoms with Crippen molar-refractivity contribution in [2.45, 2.75) is 12.8 Å². The van der Waals surface area contributed by atoms with E-state index >= 15 is 0 Å². The second-order valence-electron chi connectivity index (χ2n) is 5.52. The fourth-order valence-corrected chi connectivity index (χ4v) is 2.67. The Hall–Kier alpha value is -1.14. The topological polar surface area (TPSA) is 48.5 Å². The van der Waals surface area contributed by atoms with Gasteiger partial charge >= 0.3 is 6.03 Å². The molecule has 1 aromatic heterocycles. The number of pyridine rings is 1. The van der Waals surface area contributed by atoms with Crippen LogP contribution in [0.5, 0.6) is 0 Å². The van der Waals surface area contributed by atoms with Crippen LogP contribution < -0.4 is 5.32 Å². The summed E-state index contributed by atoms with van der Waals surface area (Å²) in [5.41, 5.74) is 0. The fraction of sp³-hybridized carbons (Fsp3) is 0.571. The molecule has 0 spiro atoms. The van der Waals surface area contributed by atoms with Crippen molar-refractivity contribution in [2.75, 3.05) is 38.0 Å². The van der Waals surface area contributed by atoms with Crippen molar-refractivity contribution in [3.8, 4) is 0 Å². The van der Waals surface area contributed by atoms with Crippen LogP contribution in [0, 0.1) is 5.92 Å². The molecular formula is C14H19BrN4O. The average molecular weight is 339 g/mol. The summed E-state index contributed by atoms with van der Waals surface area (Å²) in [6, 6.07) is 3.62. The maximum atomic E-state index is 12.1. The molecule has 3 rings (SSSR count). The van der Waals surface area contributed by atoms with Crippen molar-refractivity contribution >= 4 is 27.8 Å². The molecule has 0 radical (unpaired) electrons. The predicted molar refractivity (Wildman–Crippen MR) is 81.7 cm³/mol. The minimum absolute atomic E-state index is 0.0501. The van der Waals surface area contributed by atoms with E-state index in [1.165, 1.54) is 19.4 Å². The third kappa shape index (κ3) is 3.70. The maximum Gasteiger partial charge on any atom is 0.323 e. The normalized spacial score (nSPS) is 19.9. The molecule has 1 saturated carbocycles. The molecule has 0 bridgehead atoms. The number of nitrogens with one attached hydrogen (secondary N) is 1. The van der Waals surface area contributed by atoms with Crippen molar-refractivity contribution in [2.24, 2.45) is 5.92 Å². The van der Waals surface area contributed by atoms with Crippen molar-refractivity contribution < 1.29 is 4.79 Å². The van der Waals surface area contributed by atoms with E-state index in [2.05, 4.69) is 31.1 Å². The van der Waals surface area contributed by atoms with Crippen LogP contribution in [0.25, 0.3) is 0 Å². The molecule has 0 unspecified atom stereocenters. The minimum Gasteiger partial charge on any atom is -0.322 e. The van der Waals surface area contributed by atoms with E-state index in [0.717, 1.165) is 36.6 Å². The highest BCUT2D eigenvalue weighted by Gasteiger charge is 2.27. The van der Waals surface area contributed by atoms with Crippen LogP contribution in [0.4, 0.5) is 10.6 Å².